The first-order valence-corrected chi connectivity index (χ1v) is 6.71. The molecule has 2 atom stereocenters. The van der Waals surface area contributed by atoms with Crippen LogP contribution in [0.2, 0.25) is 0 Å². The van der Waals surface area contributed by atoms with E-state index in [4.69, 9.17) is 5.73 Å². The maximum Gasteiger partial charge on any atom is 0.238 e. The minimum atomic E-state index is -0.514. The van der Waals surface area contributed by atoms with Crippen LogP contribution in [0.4, 0.5) is 15.8 Å². The third-order valence-electron chi connectivity index (χ3n) is 3.63. The summed E-state index contributed by atoms with van der Waals surface area (Å²) in [4.78, 5) is 13.8. The Balaban J connectivity index is 1.91. The zero-order valence-electron chi connectivity index (χ0n) is 11.5. The molecule has 1 amide bonds. The number of aliphatic hydroxyl groups excluding tert-OH is 1. The third kappa shape index (κ3) is 3.68. The van der Waals surface area contributed by atoms with Gasteiger partial charge in [0, 0.05) is 12.2 Å². The molecule has 20 heavy (non-hydrogen) atoms. The van der Waals surface area contributed by atoms with Gasteiger partial charge in [-0.25, -0.2) is 4.39 Å². The molecule has 1 aromatic carbocycles. The number of nitrogens with one attached hydrogen (secondary N) is 1. The molecule has 1 saturated heterocycles. The summed E-state index contributed by atoms with van der Waals surface area (Å²) in [5.74, 6) is -0.572. The Labute approximate surface area is 117 Å². The van der Waals surface area contributed by atoms with E-state index in [0.29, 0.717) is 12.2 Å². The Kier molecular flexibility index (Phi) is 4.57. The van der Waals surface area contributed by atoms with Crippen LogP contribution in [0.5, 0.6) is 0 Å². The Hall–Kier alpha value is -1.66. The number of anilines is 2. The number of nitrogens with zero attached hydrogens (tertiary/aromatic N) is 1. The molecule has 1 aliphatic rings. The highest BCUT2D eigenvalue weighted by Crippen LogP contribution is 2.19. The Morgan fingerprint density at radius 2 is 2.35 bits per heavy atom. The van der Waals surface area contributed by atoms with Crippen molar-refractivity contribution in [3.05, 3.63) is 24.0 Å². The van der Waals surface area contributed by atoms with Crippen molar-refractivity contribution >= 4 is 17.3 Å². The van der Waals surface area contributed by atoms with Gasteiger partial charge in [-0.05, 0) is 37.1 Å². The number of nitrogens with two attached hydrogens (primary N) is 1. The highest BCUT2D eigenvalue weighted by molar-refractivity contribution is 5.92. The van der Waals surface area contributed by atoms with Crippen LogP contribution in [-0.2, 0) is 4.79 Å². The average Bonchev–Trinajstić information content (AvgIpc) is 2.38. The molecule has 1 aliphatic heterocycles. The molecule has 0 bridgehead atoms. The molecule has 1 heterocycles. The van der Waals surface area contributed by atoms with E-state index < -0.39 is 11.9 Å². The molecule has 4 N–H and O–H groups in total. The third-order valence-corrected chi connectivity index (χ3v) is 3.63. The van der Waals surface area contributed by atoms with Gasteiger partial charge < -0.3 is 16.2 Å². The van der Waals surface area contributed by atoms with Crippen LogP contribution < -0.4 is 11.1 Å². The topological polar surface area (TPSA) is 78.6 Å². The molecule has 5 nitrogen and oxygen atoms in total. The molecule has 0 spiro atoms. The summed E-state index contributed by atoms with van der Waals surface area (Å²) in [6.45, 7) is 3.35. The quantitative estimate of drug-likeness (QED) is 0.724. The minimum absolute atomic E-state index is 0.0842. The van der Waals surface area contributed by atoms with Crippen LogP contribution in [0.1, 0.15) is 13.3 Å². The van der Waals surface area contributed by atoms with E-state index in [0.717, 1.165) is 13.0 Å². The van der Waals surface area contributed by atoms with Gasteiger partial charge in [0.1, 0.15) is 5.82 Å². The fraction of sp³-hybridized carbons (Fsp3) is 0.500. The maximum atomic E-state index is 13.5. The molecule has 2 rings (SSSR count). The van der Waals surface area contributed by atoms with Gasteiger partial charge in [-0.3, -0.25) is 9.69 Å². The van der Waals surface area contributed by atoms with E-state index in [1.807, 2.05) is 11.8 Å². The van der Waals surface area contributed by atoms with Crippen molar-refractivity contribution in [1.82, 2.24) is 4.90 Å². The van der Waals surface area contributed by atoms with E-state index >= 15 is 0 Å². The van der Waals surface area contributed by atoms with E-state index in [9.17, 15) is 14.3 Å². The van der Waals surface area contributed by atoms with Crippen LogP contribution in [-0.4, -0.2) is 41.7 Å². The summed E-state index contributed by atoms with van der Waals surface area (Å²) >= 11 is 0. The second-order valence-electron chi connectivity index (χ2n) is 5.36. The molecular formula is C14H20FN3O2. The fourth-order valence-corrected chi connectivity index (χ4v) is 2.29. The van der Waals surface area contributed by atoms with Gasteiger partial charge in [0.25, 0.3) is 0 Å². The molecule has 2 unspecified atom stereocenters. The molecule has 0 aromatic heterocycles. The minimum Gasteiger partial charge on any atom is -0.399 e. The number of likely N-dealkylation sites (tertiary alicyclic amines) is 1. The summed E-state index contributed by atoms with van der Waals surface area (Å²) in [5.41, 5.74) is 6.04. The average molecular weight is 281 g/mol. The van der Waals surface area contributed by atoms with Crippen LogP contribution in [0.3, 0.4) is 0 Å². The molecule has 0 aliphatic carbocycles. The number of hydrogen-bond acceptors (Lipinski definition) is 4. The molecular weight excluding hydrogens is 261 g/mol. The van der Waals surface area contributed by atoms with Gasteiger partial charge in [-0.15, -0.1) is 0 Å². The Morgan fingerprint density at radius 3 is 3.05 bits per heavy atom. The van der Waals surface area contributed by atoms with Crippen molar-refractivity contribution in [2.24, 2.45) is 5.92 Å². The first kappa shape index (κ1) is 14.7. The van der Waals surface area contributed by atoms with Gasteiger partial charge in [0.05, 0.1) is 18.3 Å². The molecule has 0 saturated carbocycles. The lowest BCUT2D eigenvalue weighted by molar-refractivity contribution is -0.118. The number of aliphatic hydroxyl groups is 1. The SMILES string of the molecule is CC1CCN(CC(=O)Nc2cc(N)ccc2F)CC1O. The number of halogens is 1. The first-order valence-electron chi connectivity index (χ1n) is 6.71. The lowest BCUT2D eigenvalue weighted by atomic mass is 9.96. The zero-order chi connectivity index (χ0) is 14.7. The Morgan fingerprint density at radius 1 is 1.60 bits per heavy atom. The van der Waals surface area contributed by atoms with Crippen molar-refractivity contribution in [2.75, 3.05) is 30.7 Å². The number of nitrogen functional groups attached to an aromatic ring is 1. The number of amides is 1. The van der Waals surface area contributed by atoms with Gasteiger partial charge >= 0.3 is 0 Å². The number of benzene rings is 1. The number of hydrogen-bond donors (Lipinski definition) is 3. The predicted octanol–water partition coefficient (Wildman–Crippen LogP) is 1.05. The highest BCUT2D eigenvalue weighted by atomic mass is 19.1. The van der Waals surface area contributed by atoms with Crippen LogP contribution in [0, 0.1) is 11.7 Å². The van der Waals surface area contributed by atoms with Gasteiger partial charge in [0.2, 0.25) is 5.91 Å². The number of β-amino-alcohol motifs (C(OH)–C–C–N with tert-alkyl or cyclic N) is 1. The molecule has 1 aromatic rings. The largest absolute Gasteiger partial charge is 0.399 e. The summed E-state index contributed by atoms with van der Waals surface area (Å²) < 4.78 is 13.5. The maximum absolute atomic E-state index is 13.5. The number of carbonyl (C=O) groups excluding carboxylic acids is 1. The summed E-state index contributed by atoms with van der Waals surface area (Å²) in [7, 11) is 0. The zero-order valence-corrected chi connectivity index (χ0v) is 11.5. The molecule has 1 fully saturated rings. The number of rotatable bonds is 3. The number of carbonyl (C=O) groups is 1. The second kappa shape index (κ2) is 6.19. The summed E-state index contributed by atoms with van der Waals surface area (Å²) in [5, 5.41) is 12.3. The van der Waals surface area contributed by atoms with E-state index in [2.05, 4.69) is 5.32 Å². The molecule has 6 heteroatoms. The van der Waals surface area contributed by atoms with Crippen LogP contribution in [0.15, 0.2) is 18.2 Å². The van der Waals surface area contributed by atoms with Gasteiger partial charge in [-0.2, -0.15) is 0 Å². The highest BCUT2D eigenvalue weighted by Gasteiger charge is 2.25. The molecule has 110 valence electrons. The smallest absolute Gasteiger partial charge is 0.238 e. The van der Waals surface area contributed by atoms with Crippen LogP contribution in [0.25, 0.3) is 0 Å². The lowest BCUT2D eigenvalue weighted by Gasteiger charge is -2.33. The predicted molar refractivity (Wildman–Crippen MR) is 75.7 cm³/mol. The van der Waals surface area contributed by atoms with E-state index in [1.165, 1.54) is 18.2 Å². The fourth-order valence-electron chi connectivity index (χ4n) is 2.29. The standard InChI is InChI=1S/C14H20FN3O2/c1-9-4-5-18(7-13(9)19)8-14(20)17-12-6-10(16)2-3-11(12)15/h2-3,6,9,13,19H,4-5,7-8,16H2,1H3,(H,17,20). The van der Waals surface area contributed by atoms with Crippen LogP contribution >= 0.6 is 0 Å². The van der Waals surface area contributed by atoms with Crippen molar-refractivity contribution in [1.29, 1.82) is 0 Å². The summed E-state index contributed by atoms with van der Waals surface area (Å²) in [6, 6.07) is 4.05. The first-order chi connectivity index (χ1) is 9.45. The van der Waals surface area contributed by atoms with Gasteiger partial charge in [0.15, 0.2) is 0 Å². The monoisotopic (exact) mass is 281 g/mol. The van der Waals surface area contributed by atoms with Crippen molar-refractivity contribution in [2.45, 2.75) is 19.4 Å². The van der Waals surface area contributed by atoms with E-state index in [-0.39, 0.29) is 24.1 Å². The molecule has 0 radical (unpaired) electrons. The lowest BCUT2D eigenvalue weighted by Crippen LogP contribution is -2.45. The summed E-state index contributed by atoms with van der Waals surface area (Å²) in [6.07, 6.45) is 0.432. The normalized spacial score (nSPS) is 23.6. The second-order valence-corrected chi connectivity index (χ2v) is 5.36. The van der Waals surface area contributed by atoms with Crippen molar-refractivity contribution < 1.29 is 14.3 Å². The number of piperidine rings is 1. The van der Waals surface area contributed by atoms with Crippen molar-refractivity contribution in [3.8, 4) is 0 Å². The van der Waals surface area contributed by atoms with E-state index in [1.54, 1.807) is 0 Å². The van der Waals surface area contributed by atoms with Gasteiger partial charge in [-0.1, -0.05) is 6.92 Å². The Bertz CT molecular complexity index is 495. The van der Waals surface area contributed by atoms with Crippen molar-refractivity contribution in [3.63, 3.8) is 0 Å².